The Bertz CT molecular complexity index is 177. The van der Waals surface area contributed by atoms with Crippen LogP contribution in [0.4, 0.5) is 0 Å². The molecule has 11 heavy (non-hydrogen) atoms. The molecule has 0 aliphatic carbocycles. The minimum absolute atomic E-state index is 0.630. The number of aromatic nitrogens is 1. The van der Waals surface area contributed by atoms with Crippen LogP contribution in [0.25, 0.3) is 0 Å². The van der Waals surface area contributed by atoms with E-state index in [9.17, 15) is 0 Å². The van der Waals surface area contributed by atoms with Gasteiger partial charge in [0.05, 0.1) is 24.4 Å². The van der Waals surface area contributed by atoms with Crippen molar-refractivity contribution in [3.05, 3.63) is 16.6 Å². The predicted octanol–water partition coefficient (Wildman–Crippen LogP) is 0.879. The van der Waals surface area contributed by atoms with Crippen LogP contribution >= 0.6 is 11.3 Å². The largest absolute Gasteiger partial charge is 0.374 e. The average molecular weight is 172 g/mol. The summed E-state index contributed by atoms with van der Waals surface area (Å²) in [5.74, 6) is 0. The third kappa shape index (κ3) is 3.46. The van der Waals surface area contributed by atoms with Crippen molar-refractivity contribution in [1.82, 2.24) is 10.3 Å². The van der Waals surface area contributed by atoms with Gasteiger partial charge in [-0.05, 0) is 7.05 Å². The molecule has 0 amide bonds. The van der Waals surface area contributed by atoms with Crippen LogP contribution < -0.4 is 5.32 Å². The van der Waals surface area contributed by atoms with E-state index in [4.69, 9.17) is 4.74 Å². The first-order valence-corrected chi connectivity index (χ1v) is 4.47. The molecule has 0 radical (unpaired) electrons. The Morgan fingerprint density at radius 3 is 3.27 bits per heavy atom. The molecule has 0 unspecified atom stereocenters. The van der Waals surface area contributed by atoms with Gasteiger partial charge < -0.3 is 10.1 Å². The number of ether oxygens (including phenoxy) is 1. The Morgan fingerprint density at radius 2 is 2.64 bits per heavy atom. The summed E-state index contributed by atoms with van der Waals surface area (Å²) >= 11 is 1.60. The predicted molar refractivity (Wildman–Crippen MR) is 45.7 cm³/mol. The van der Waals surface area contributed by atoms with Gasteiger partial charge in [0, 0.05) is 11.9 Å². The standard InChI is InChI=1S/C7H12N2OS/c1-8-2-3-10-4-7-5-11-6-9-7/h5-6,8H,2-4H2,1H3. The molecule has 0 fully saturated rings. The minimum atomic E-state index is 0.630. The topological polar surface area (TPSA) is 34.1 Å². The van der Waals surface area contributed by atoms with Gasteiger partial charge in [0.1, 0.15) is 0 Å². The fourth-order valence-electron chi connectivity index (χ4n) is 0.660. The SMILES string of the molecule is CNCCOCc1cscn1. The van der Waals surface area contributed by atoms with E-state index in [1.165, 1.54) is 0 Å². The average Bonchev–Trinajstić information content (AvgIpc) is 2.50. The number of rotatable bonds is 5. The van der Waals surface area contributed by atoms with Crippen molar-refractivity contribution in [2.24, 2.45) is 0 Å². The van der Waals surface area contributed by atoms with Crippen LogP contribution in [0.3, 0.4) is 0 Å². The zero-order valence-corrected chi connectivity index (χ0v) is 7.36. The second-order valence-electron chi connectivity index (χ2n) is 2.14. The van der Waals surface area contributed by atoms with Crippen LogP contribution in [0.5, 0.6) is 0 Å². The first-order chi connectivity index (χ1) is 5.43. The molecule has 0 saturated carbocycles. The van der Waals surface area contributed by atoms with Gasteiger partial charge in [0.25, 0.3) is 0 Å². The van der Waals surface area contributed by atoms with Crippen molar-refractivity contribution in [2.45, 2.75) is 6.61 Å². The summed E-state index contributed by atoms with van der Waals surface area (Å²) in [4.78, 5) is 4.09. The van der Waals surface area contributed by atoms with E-state index in [-0.39, 0.29) is 0 Å². The molecule has 1 rings (SSSR count). The van der Waals surface area contributed by atoms with Crippen LogP contribution in [0, 0.1) is 0 Å². The molecule has 0 atom stereocenters. The fourth-order valence-corrected chi connectivity index (χ4v) is 1.20. The lowest BCUT2D eigenvalue weighted by Gasteiger charge is -1.99. The second kappa shape index (κ2) is 5.23. The van der Waals surface area contributed by atoms with E-state index in [2.05, 4.69) is 10.3 Å². The van der Waals surface area contributed by atoms with E-state index >= 15 is 0 Å². The lowest BCUT2D eigenvalue weighted by Crippen LogP contribution is -2.14. The highest BCUT2D eigenvalue weighted by Crippen LogP contribution is 2.01. The molecule has 0 aliphatic rings. The highest BCUT2D eigenvalue weighted by molar-refractivity contribution is 7.07. The van der Waals surface area contributed by atoms with Gasteiger partial charge in [-0.1, -0.05) is 0 Å². The van der Waals surface area contributed by atoms with E-state index in [1.807, 2.05) is 17.9 Å². The summed E-state index contributed by atoms with van der Waals surface area (Å²) in [5, 5.41) is 5.00. The molecule has 0 aromatic carbocycles. The third-order valence-corrected chi connectivity index (χ3v) is 1.87. The maximum absolute atomic E-state index is 5.30. The number of nitrogens with zero attached hydrogens (tertiary/aromatic N) is 1. The Morgan fingerprint density at radius 1 is 1.73 bits per heavy atom. The number of nitrogens with one attached hydrogen (secondary N) is 1. The van der Waals surface area contributed by atoms with E-state index in [1.54, 1.807) is 11.3 Å². The fraction of sp³-hybridized carbons (Fsp3) is 0.571. The highest BCUT2D eigenvalue weighted by atomic mass is 32.1. The highest BCUT2D eigenvalue weighted by Gasteiger charge is 1.92. The molecule has 0 saturated heterocycles. The monoisotopic (exact) mass is 172 g/mol. The van der Waals surface area contributed by atoms with Gasteiger partial charge in [-0.15, -0.1) is 11.3 Å². The number of hydrogen-bond acceptors (Lipinski definition) is 4. The zero-order chi connectivity index (χ0) is 7.94. The second-order valence-corrected chi connectivity index (χ2v) is 2.85. The number of thiazole rings is 1. The molecule has 3 nitrogen and oxygen atoms in total. The van der Waals surface area contributed by atoms with Crippen molar-refractivity contribution >= 4 is 11.3 Å². The van der Waals surface area contributed by atoms with Gasteiger partial charge in [0.2, 0.25) is 0 Å². The summed E-state index contributed by atoms with van der Waals surface area (Å²) < 4.78 is 5.30. The Labute approximate surface area is 70.4 Å². The van der Waals surface area contributed by atoms with Crippen molar-refractivity contribution in [3.63, 3.8) is 0 Å². The van der Waals surface area contributed by atoms with Crippen molar-refractivity contribution < 1.29 is 4.74 Å². The molecular formula is C7H12N2OS. The van der Waals surface area contributed by atoms with Crippen molar-refractivity contribution in [3.8, 4) is 0 Å². The third-order valence-electron chi connectivity index (χ3n) is 1.23. The molecule has 4 heteroatoms. The number of hydrogen-bond donors (Lipinski definition) is 1. The zero-order valence-electron chi connectivity index (χ0n) is 6.54. The number of likely N-dealkylation sites (N-methyl/N-ethyl adjacent to an activating group) is 1. The Balaban J connectivity index is 2.04. The van der Waals surface area contributed by atoms with E-state index in [0.29, 0.717) is 6.61 Å². The van der Waals surface area contributed by atoms with Gasteiger partial charge in [-0.2, -0.15) is 0 Å². The van der Waals surface area contributed by atoms with Gasteiger partial charge in [-0.3, -0.25) is 0 Å². The molecule has 0 spiro atoms. The maximum Gasteiger partial charge on any atom is 0.0897 e. The van der Waals surface area contributed by atoms with E-state index < -0.39 is 0 Å². The Hall–Kier alpha value is -0.450. The smallest absolute Gasteiger partial charge is 0.0897 e. The molecular weight excluding hydrogens is 160 g/mol. The van der Waals surface area contributed by atoms with Crippen LogP contribution in [0.15, 0.2) is 10.9 Å². The van der Waals surface area contributed by atoms with Crippen LogP contribution in [-0.4, -0.2) is 25.2 Å². The van der Waals surface area contributed by atoms with Crippen molar-refractivity contribution in [1.29, 1.82) is 0 Å². The molecule has 0 aliphatic heterocycles. The first kappa shape index (κ1) is 8.64. The molecule has 1 N–H and O–H groups in total. The quantitative estimate of drug-likeness (QED) is 0.669. The molecule has 1 aromatic heterocycles. The Kier molecular flexibility index (Phi) is 4.11. The summed E-state index contributed by atoms with van der Waals surface area (Å²) in [5.41, 5.74) is 2.84. The van der Waals surface area contributed by atoms with E-state index in [0.717, 1.165) is 18.8 Å². The molecule has 0 bridgehead atoms. The summed E-state index contributed by atoms with van der Waals surface area (Å²) in [6.45, 7) is 2.27. The van der Waals surface area contributed by atoms with Gasteiger partial charge in [-0.25, -0.2) is 4.98 Å². The molecule has 1 aromatic rings. The minimum Gasteiger partial charge on any atom is -0.374 e. The lowest BCUT2D eigenvalue weighted by molar-refractivity contribution is 0.122. The first-order valence-electron chi connectivity index (χ1n) is 3.53. The molecule has 1 heterocycles. The summed E-state index contributed by atoms with van der Waals surface area (Å²) in [7, 11) is 1.91. The normalized spacial score (nSPS) is 10.3. The van der Waals surface area contributed by atoms with Crippen LogP contribution in [-0.2, 0) is 11.3 Å². The lowest BCUT2D eigenvalue weighted by atomic mass is 10.5. The maximum atomic E-state index is 5.30. The van der Waals surface area contributed by atoms with Crippen molar-refractivity contribution in [2.75, 3.05) is 20.2 Å². The molecule has 62 valence electrons. The van der Waals surface area contributed by atoms with Gasteiger partial charge >= 0.3 is 0 Å². The summed E-state index contributed by atoms with van der Waals surface area (Å²) in [6.07, 6.45) is 0. The van der Waals surface area contributed by atoms with Crippen LogP contribution in [0.1, 0.15) is 5.69 Å². The summed E-state index contributed by atoms with van der Waals surface area (Å²) in [6, 6.07) is 0. The van der Waals surface area contributed by atoms with Gasteiger partial charge in [0.15, 0.2) is 0 Å². The van der Waals surface area contributed by atoms with Crippen LogP contribution in [0.2, 0.25) is 0 Å².